The van der Waals surface area contributed by atoms with Crippen molar-refractivity contribution in [1.29, 1.82) is 0 Å². The van der Waals surface area contributed by atoms with Gasteiger partial charge in [-0.1, -0.05) is 43.2 Å². The van der Waals surface area contributed by atoms with Crippen LogP contribution in [0.25, 0.3) is 0 Å². The van der Waals surface area contributed by atoms with E-state index in [9.17, 15) is 4.79 Å². The molecule has 1 aromatic rings. The van der Waals surface area contributed by atoms with Crippen LogP contribution in [0.1, 0.15) is 50.6 Å². The lowest BCUT2D eigenvalue weighted by atomic mass is 9.94. The first kappa shape index (κ1) is 13.1. The number of amides is 1. The molecule has 1 saturated carbocycles. The lowest BCUT2D eigenvalue weighted by Gasteiger charge is -2.24. The van der Waals surface area contributed by atoms with Crippen molar-refractivity contribution in [3.05, 3.63) is 35.9 Å². The average Bonchev–Trinajstić information content (AvgIpc) is 2.76. The van der Waals surface area contributed by atoms with E-state index in [1.54, 1.807) is 0 Å². The first-order valence-corrected chi connectivity index (χ1v) is 6.72. The minimum absolute atomic E-state index is 0.0451. The van der Waals surface area contributed by atoms with E-state index >= 15 is 0 Å². The molecule has 0 aromatic heterocycles. The van der Waals surface area contributed by atoms with E-state index in [2.05, 4.69) is 5.32 Å². The lowest BCUT2D eigenvalue weighted by molar-refractivity contribution is -0.122. The highest BCUT2D eigenvalue weighted by Gasteiger charge is 2.31. The van der Waals surface area contributed by atoms with Gasteiger partial charge < -0.3 is 11.1 Å². The molecule has 3 nitrogen and oxygen atoms in total. The van der Waals surface area contributed by atoms with Crippen LogP contribution in [0.5, 0.6) is 0 Å². The van der Waals surface area contributed by atoms with Crippen LogP contribution >= 0.6 is 0 Å². The minimum Gasteiger partial charge on any atom is -0.350 e. The van der Waals surface area contributed by atoms with Crippen molar-refractivity contribution in [3.63, 3.8) is 0 Å². The van der Waals surface area contributed by atoms with E-state index in [1.165, 1.54) is 0 Å². The fourth-order valence-electron chi connectivity index (χ4n) is 2.69. The summed E-state index contributed by atoms with van der Waals surface area (Å²) in [6, 6.07) is 10.0. The predicted octanol–water partition coefficient (Wildman–Crippen LogP) is 2.53. The summed E-state index contributed by atoms with van der Waals surface area (Å²) in [6.45, 7) is 2.01. The number of nitrogens with two attached hydrogens (primary N) is 1. The Hall–Kier alpha value is -1.35. The highest BCUT2D eigenvalue weighted by atomic mass is 16.1. The summed E-state index contributed by atoms with van der Waals surface area (Å²) in [7, 11) is 0. The van der Waals surface area contributed by atoms with Gasteiger partial charge in [-0.3, -0.25) is 4.79 Å². The molecule has 1 amide bonds. The second kappa shape index (κ2) is 5.53. The fraction of sp³-hybridized carbons (Fsp3) is 0.533. The van der Waals surface area contributed by atoms with Crippen LogP contribution in [0.3, 0.4) is 0 Å². The van der Waals surface area contributed by atoms with Crippen molar-refractivity contribution >= 4 is 5.91 Å². The topological polar surface area (TPSA) is 55.1 Å². The Labute approximate surface area is 109 Å². The maximum atomic E-state index is 12.0. The van der Waals surface area contributed by atoms with Crippen molar-refractivity contribution in [2.24, 2.45) is 5.73 Å². The van der Waals surface area contributed by atoms with Crippen molar-refractivity contribution < 1.29 is 4.79 Å². The second-order valence-electron chi connectivity index (χ2n) is 5.45. The molecule has 3 heteroatoms. The zero-order chi connectivity index (χ0) is 13.0. The molecule has 0 radical (unpaired) electrons. The van der Waals surface area contributed by atoms with Gasteiger partial charge in [0.1, 0.15) is 0 Å². The summed E-state index contributed by atoms with van der Waals surface area (Å²) < 4.78 is 0. The monoisotopic (exact) mass is 246 g/mol. The summed E-state index contributed by atoms with van der Waals surface area (Å²) in [5.41, 5.74) is 7.08. The number of carbonyl (C=O) groups is 1. The third-order valence-electron chi connectivity index (χ3n) is 3.79. The molecule has 3 N–H and O–H groups in total. The average molecular weight is 246 g/mol. The number of benzene rings is 1. The van der Waals surface area contributed by atoms with Crippen molar-refractivity contribution in [3.8, 4) is 0 Å². The summed E-state index contributed by atoms with van der Waals surface area (Å²) >= 11 is 0. The Morgan fingerprint density at radius 3 is 2.56 bits per heavy atom. The molecule has 1 fully saturated rings. The predicted molar refractivity (Wildman–Crippen MR) is 73.0 cm³/mol. The molecule has 0 saturated heterocycles. The lowest BCUT2D eigenvalue weighted by Crippen LogP contribution is -2.42. The Morgan fingerprint density at radius 2 is 1.94 bits per heavy atom. The number of hydrogen-bond donors (Lipinski definition) is 2. The molecule has 0 aliphatic heterocycles. The maximum absolute atomic E-state index is 12.0. The molecule has 0 heterocycles. The molecule has 2 rings (SSSR count). The van der Waals surface area contributed by atoms with E-state index < -0.39 is 0 Å². The standard InChI is InChI=1S/C15H22N2O/c1-12(13-7-3-2-4-8-13)17-14(18)11-15(16)9-5-6-10-15/h2-4,7-8,12H,5-6,9-11,16H2,1H3,(H,17,18)/t12-/m1/s1. The molecular formula is C15H22N2O. The SMILES string of the molecule is C[C@@H](NC(=O)CC1(N)CCCC1)c1ccccc1. The van der Waals surface area contributed by atoms with Crippen LogP contribution in [0, 0.1) is 0 Å². The zero-order valence-electron chi connectivity index (χ0n) is 11.0. The van der Waals surface area contributed by atoms with Crippen LogP contribution in [0.4, 0.5) is 0 Å². The number of nitrogens with one attached hydrogen (secondary N) is 1. The Bertz CT molecular complexity index is 396. The Kier molecular flexibility index (Phi) is 4.02. The van der Waals surface area contributed by atoms with Crippen LogP contribution in [-0.2, 0) is 4.79 Å². The third kappa shape index (κ3) is 3.33. The van der Waals surface area contributed by atoms with Crippen LogP contribution in [0.15, 0.2) is 30.3 Å². The molecule has 1 aromatic carbocycles. The molecule has 0 unspecified atom stereocenters. The Morgan fingerprint density at radius 1 is 1.33 bits per heavy atom. The molecule has 0 bridgehead atoms. The molecular weight excluding hydrogens is 224 g/mol. The number of rotatable bonds is 4. The number of hydrogen-bond acceptors (Lipinski definition) is 2. The van der Waals surface area contributed by atoms with Gasteiger partial charge in [0.2, 0.25) is 5.91 Å². The van der Waals surface area contributed by atoms with E-state index in [0.29, 0.717) is 6.42 Å². The van der Waals surface area contributed by atoms with Gasteiger partial charge in [-0.15, -0.1) is 0 Å². The summed E-state index contributed by atoms with van der Waals surface area (Å²) in [4.78, 5) is 12.0. The van der Waals surface area contributed by atoms with Gasteiger partial charge in [-0.05, 0) is 25.3 Å². The highest BCUT2D eigenvalue weighted by Crippen LogP contribution is 2.30. The van der Waals surface area contributed by atoms with Crippen LogP contribution in [0.2, 0.25) is 0 Å². The first-order valence-electron chi connectivity index (χ1n) is 6.72. The normalized spacial score (nSPS) is 19.4. The molecule has 1 aliphatic carbocycles. The van der Waals surface area contributed by atoms with Gasteiger partial charge in [0.25, 0.3) is 0 Å². The van der Waals surface area contributed by atoms with Crippen LogP contribution < -0.4 is 11.1 Å². The molecule has 1 aliphatic rings. The summed E-state index contributed by atoms with van der Waals surface area (Å²) in [5.74, 6) is 0.0655. The van der Waals surface area contributed by atoms with Crippen molar-refractivity contribution in [2.75, 3.05) is 0 Å². The van der Waals surface area contributed by atoms with Gasteiger partial charge >= 0.3 is 0 Å². The van der Waals surface area contributed by atoms with E-state index in [-0.39, 0.29) is 17.5 Å². The van der Waals surface area contributed by atoms with Gasteiger partial charge in [-0.2, -0.15) is 0 Å². The van der Waals surface area contributed by atoms with Crippen LogP contribution in [-0.4, -0.2) is 11.4 Å². The van der Waals surface area contributed by atoms with Gasteiger partial charge in [0.05, 0.1) is 6.04 Å². The van der Waals surface area contributed by atoms with E-state index in [0.717, 1.165) is 31.2 Å². The maximum Gasteiger partial charge on any atom is 0.222 e. The number of carbonyl (C=O) groups excluding carboxylic acids is 1. The van der Waals surface area contributed by atoms with E-state index in [1.807, 2.05) is 37.3 Å². The minimum atomic E-state index is -0.263. The molecule has 1 atom stereocenters. The Balaban J connectivity index is 1.88. The summed E-state index contributed by atoms with van der Waals surface area (Å²) in [5, 5.41) is 3.03. The van der Waals surface area contributed by atoms with Gasteiger partial charge in [-0.25, -0.2) is 0 Å². The first-order chi connectivity index (χ1) is 8.59. The fourth-order valence-corrected chi connectivity index (χ4v) is 2.69. The molecule has 98 valence electrons. The second-order valence-corrected chi connectivity index (χ2v) is 5.45. The zero-order valence-corrected chi connectivity index (χ0v) is 11.0. The third-order valence-corrected chi connectivity index (χ3v) is 3.79. The summed E-state index contributed by atoms with van der Waals surface area (Å²) in [6.07, 6.45) is 4.69. The largest absolute Gasteiger partial charge is 0.350 e. The van der Waals surface area contributed by atoms with Gasteiger partial charge in [0, 0.05) is 12.0 Å². The van der Waals surface area contributed by atoms with Crippen molar-refractivity contribution in [1.82, 2.24) is 5.32 Å². The van der Waals surface area contributed by atoms with Gasteiger partial charge in [0.15, 0.2) is 0 Å². The van der Waals surface area contributed by atoms with Crippen molar-refractivity contribution in [2.45, 2.75) is 50.6 Å². The smallest absolute Gasteiger partial charge is 0.222 e. The molecule has 0 spiro atoms. The molecule has 18 heavy (non-hydrogen) atoms. The highest BCUT2D eigenvalue weighted by molar-refractivity contribution is 5.77. The quantitative estimate of drug-likeness (QED) is 0.857. The van der Waals surface area contributed by atoms with E-state index in [4.69, 9.17) is 5.73 Å².